The second-order valence-corrected chi connectivity index (χ2v) is 4.40. The predicted octanol–water partition coefficient (Wildman–Crippen LogP) is 2.14. The van der Waals surface area contributed by atoms with E-state index in [0.717, 1.165) is 6.42 Å². The van der Waals surface area contributed by atoms with Crippen molar-refractivity contribution in [3.8, 4) is 0 Å². The molecule has 0 radical (unpaired) electrons. The molecule has 0 atom stereocenters. The molecule has 2 amide bonds. The van der Waals surface area contributed by atoms with Gasteiger partial charge < -0.3 is 15.3 Å². The fourth-order valence-electron chi connectivity index (χ4n) is 1.79. The Morgan fingerprint density at radius 2 is 2.15 bits per heavy atom. The van der Waals surface area contributed by atoms with Gasteiger partial charge in [-0.3, -0.25) is 10.1 Å². The van der Waals surface area contributed by atoms with Crippen molar-refractivity contribution in [3.63, 3.8) is 0 Å². The van der Waals surface area contributed by atoms with Crippen LogP contribution in [0.5, 0.6) is 0 Å². The van der Waals surface area contributed by atoms with Gasteiger partial charge in [0.1, 0.15) is 0 Å². The smallest absolute Gasteiger partial charge is 0.321 e. The molecular formula is C13H19N3O4. The molecule has 0 spiro atoms. The number of urea groups is 1. The number of nitro groups is 1. The quantitative estimate of drug-likeness (QED) is 0.616. The Morgan fingerprint density at radius 3 is 2.70 bits per heavy atom. The number of aliphatic hydroxyl groups excluding tert-OH is 1. The van der Waals surface area contributed by atoms with Crippen LogP contribution in [0.3, 0.4) is 0 Å². The first-order valence-electron chi connectivity index (χ1n) is 6.41. The highest BCUT2D eigenvalue weighted by atomic mass is 16.6. The van der Waals surface area contributed by atoms with Gasteiger partial charge >= 0.3 is 6.03 Å². The third-order valence-electron chi connectivity index (χ3n) is 2.81. The van der Waals surface area contributed by atoms with Gasteiger partial charge in [0, 0.05) is 30.4 Å². The minimum atomic E-state index is -0.484. The molecule has 0 saturated heterocycles. The molecule has 0 fully saturated rings. The fraction of sp³-hybridized carbons (Fsp3) is 0.462. The molecule has 20 heavy (non-hydrogen) atoms. The number of benzene rings is 1. The topological polar surface area (TPSA) is 95.7 Å². The lowest BCUT2D eigenvalue weighted by Gasteiger charge is -2.21. The molecule has 0 bridgehead atoms. The fourth-order valence-corrected chi connectivity index (χ4v) is 1.79. The van der Waals surface area contributed by atoms with Crippen LogP contribution in [0.2, 0.25) is 0 Å². The number of nitro benzene ring substituents is 1. The molecule has 7 heteroatoms. The molecule has 2 N–H and O–H groups in total. The average Bonchev–Trinajstić information content (AvgIpc) is 2.40. The SMILES string of the molecule is CCCN(CCO)C(=O)Nc1ccc(C)c([N+](=O)[O-])c1. The number of anilines is 1. The first-order valence-corrected chi connectivity index (χ1v) is 6.41. The molecule has 0 unspecified atom stereocenters. The maximum absolute atomic E-state index is 12.0. The predicted molar refractivity (Wildman–Crippen MR) is 75.8 cm³/mol. The zero-order valence-corrected chi connectivity index (χ0v) is 11.6. The molecule has 1 rings (SSSR count). The summed E-state index contributed by atoms with van der Waals surface area (Å²) >= 11 is 0. The molecule has 1 aromatic rings. The molecule has 0 heterocycles. The van der Waals surface area contributed by atoms with Gasteiger partial charge in [-0.15, -0.1) is 0 Å². The van der Waals surface area contributed by atoms with Crippen molar-refractivity contribution in [2.24, 2.45) is 0 Å². The van der Waals surface area contributed by atoms with Crippen molar-refractivity contribution in [2.45, 2.75) is 20.3 Å². The Balaban J connectivity index is 2.84. The summed E-state index contributed by atoms with van der Waals surface area (Å²) in [6.45, 7) is 4.18. The first-order chi connectivity index (χ1) is 9.49. The number of aryl methyl sites for hydroxylation is 1. The molecule has 0 aliphatic heterocycles. The van der Waals surface area contributed by atoms with Crippen LogP contribution in [0.15, 0.2) is 18.2 Å². The Hall–Kier alpha value is -2.15. The molecule has 110 valence electrons. The number of carbonyl (C=O) groups excluding carboxylic acids is 1. The Bertz CT molecular complexity index is 485. The maximum atomic E-state index is 12.0. The molecule has 0 aliphatic carbocycles. The highest BCUT2D eigenvalue weighted by Gasteiger charge is 2.15. The number of hydrogen-bond donors (Lipinski definition) is 2. The summed E-state index contributed by atoms with van der Waals surface area (Å²) in [6, 6.07) is 4.16. The summed E-state index contributed by atoms with van der Waals surface area (Å²) < 4.78 is 0. The number of amides is 2. The van der Waals surface area contributed by atoms with Gasteiger partial charge in [-0.25, -0.2) is 4.79 Å². The summed E-state index contributed by atoms with van der Waals surface area (Å²) in [4.78, 5) is 23.8. The van der Waals surface area contributed by atoms with Crippen LogP contribution in [-0.2, 0) is 0 Å². The van der Waals surface area contributed by atoms with E-state index in [9.17, 15) is 14.9 Å². The van der Waals surface area contributed by atoms with E-state index in [2.05, 4.69) is 5.32 Å². The number of carbonyl (C=O) groups is 1. The normalized spacial score (nSPS) is 10.2. The second-order valence-electron chi connectivity index (χ2n) is 4.40. The zero-order valence-electron chi connectivity index (χ0n) is 11.6. The van der Waals surface area contributed by atoms with E-state index < -0.39 is 4.92 Å². The van der Waals surface area contributed by atoms with E-state index in [1.54, 1.807) is 19.1 Å². The summed E-state index contributed by atoms with van der Waals surface area (Å²) in [5.41, 5.74) is 0.868. The van der Waals surface area contributed by atoms with Crippen molar-refractivity contribution in [2.75, 3.05) is 25.0 Å². The highest BCUT2D eigenvalue weighted by molar-refractivity contribution is 5.89. The van der Waals surface area contributed by atoms with Crippen molar-refractivity contribution in [3.05, 3.63) is 33.9 Å². The van der Waals surface area contributed by atoms with Crippen LogP contribution >= 0.6 is 0 Å². The molecule has 0 saturated carbocycles. The average molecular weight is 281 g/mol. The van der Waals surface area contributed by atoms with E-state index in [-0.39, 0.29) is 24.9 Å². The zero-order chi connectivity index (χ0) is 15.1. The standard InChI is InChI=1S/C13H19N3O4/c1-3-6-15(7-8-17)13(18)14-11-5-4-10(2)12(9-11)16(19)20/h4-5,9,17H,3,6-8H2,1-2H3,(H,14,18). The molecule has 0 aromatic heterocycles. The van der Waals surface area contributed by atoms with Gasteiger partial charge in [0.05, 0.1) is 11.5 Å². The van der Waals surface area contributed by atoms with Crippen LogP contribution in [0, 0.1) is 17.0 Å². The van der Waals surface area contributed by atoms with Gasteiger partial charge in [0.2, 0.25) is 0 Å². The van der Waals surface area contributed by atoms with Crippen molar-refractivity contribution >= 4 is 17.4 Å². The Morgan fingerprint density at radius 1 is 1.45 bits per heavy atom. The monoisotopic (exact) mass is 281 g/mol. The van der Waals surface area contributed by atoms with Gasteiger partial charge in [0.25, 0.3) is 5.69 Å². The third-order valence-corrected chi connectivity index (χ3v) is 2.81. The molecular weight excluding hydrogens is 262 g/mol. The number of hydrogen-bond acceptors (Lipinski definition) is 4. The van der Waals surface area contributed by atoms with Gasteiger partial charge in [-0.2, -0.15) is 0 Å². The van der Waals surface area contributed by atoms with E-state index in [0.29, 0.717) is 17.8 Å². The third kappa shape index (κ3) is 4.20. The van der Waals surface area contributed by atoms with E-state index in [1.165, 1.54) is 11.0 Å². The van der Waals surface area contributed by atoms with Gasteiger partial charge in [-0.1, -0.05) is 13.0 Å². The van der Waals surface area contributed by atoms with E-state index >= 15 is 0 Å². The molecule has 7 nitrogen and oxygen atoms in total. The van der Waals surface area contributed by atoms with Crippen molar-refractivity contribution in [1.29, 1.82) is 0 Å². The van der Waals surface area contributed by atoms with Crippen LogP contribution in [0.25, 0.3) is 0 Å². The summed E-state index contributed by atoms with van der Waals surface area (Å²) in [7, 11) is 0. The first kappa shape index (κ1) is 15.9. The Kier molecular flexibility index (Phi) is 5.92. The van der Waals surface area contributed by atoms with Crippen LogP contribution in [-0.4, -0.2) is 40.7 Å². The Labute approximate surface area is 117 Å². The number of nitrogens with one attached hydrogen (secondary N) is 1. The van der Waals surface area contributed by atoms with E-state index in [1.807, 2.05) is 6.92 Å². The lowest BCUT2D eigenvalue weighted by atomic mass is 10.2. The summed E-state index contributed by atoms with van der Waals surface area (Å²) in [5, 5.41) is 22.4. The minimum absolute atomic E-state index is 0.0352. The van der Waals surface area contributed by atoms with Crippen LogP contribution in [0.4, 0.5) is 16.2 Å². The second kappa shape index (κ2) is 7.44. The number of nitrogens with zero attached hydrogens (tertiary/aromatic N) is 2. The molecule has 1 aromatic carbocycles. The lowest BCUT2D eigenvalue weighted by Crippen LogP contribution is -2.37. The lowest BCUT2D eigenvalue weighted by molar-refractivity contribution is -0.385. The molecule has 0 aliphatic rings. The van der Waals surface area contributed by atoms with Crippen LogP contribution in [0.1, 0.15) is 18.9 Å². The summed E-state index contributed by atoms with van der Waals surface area (Å²) in [5.74, 6) is 0. The number of rotatable bonds is 6. The van der Waals surface area contributed by atoms with Crippen LogP contribution < -0.4 is 5.32 Å². The largest absolute Gasteiger partial charge is 0.395 e. The van der Waals surface area contributed by atoms with Gasteiger partial charge in [0.15, 0.2) is 0 Å². The van der Waals surface area contributed by atoms with Crippen molar-refractivity contribution < 1.29 is 14.8 Å². The van der Waals surface area contributed by atoms with Crippen molar-refractivity contribution in [1.82, 2.24) is 4.90 Å². The van der Waals surface area contributed by atoms with Gasteiger partial charge in [-0.05, 0) is 19.4 Å². The highest BCUT2D eigenvalue weighted by Crippen LogP contribution is 2.22. The van der Waals surface area contributed by atoms with E-state index in [4.69, 9.17) is 5.11 Å². The maximum Gasteiger partial charge on any atom is 0.321 e. The summed E-state index contributed by atoms with van der Waals surface area (Å²) in [6.07, 6.45) is 0.765. The minimum Gasteiger partial charge on any atom is -0.395 e. The number of aliphatic hydroxyl groups is 1.